The van der Waals surface area contributed by atoms with E-state index in [4.69, 9.17) is 14.2 Å². The van der Waals surface area contributed by atoms with Crippen molar-refractivity contribution in [2.45, 2.75) is 78.0 Å². The molecule has 0 unspecified atom stereocenters. The molecule has 0 radical (unpaired) electrons. The molecule has 8 atom stereocenters. The largest absolute Gasteiger partial charge is 0.459 e. The van der Waals surface area contributed by atoms with E-state index in [0.29, 0.717) is 11.1 Å². The van der Waals surface area contributed by atoms with E-state index < -0.39 is 65.7 Å². The second-order valence-electron chi connectivity index (χ2n) is 9.16. The van der Waals surface area contributed by atoms with E-state index >= 15 is 0 Å². The maximum absolute atomic E-state index is 12.6. The summed E-state index contributed by atoms with van der Waals surface area (Å²) in [6.45, 7) is 12.2. The fourth-order valence-corrected chi connectivity index (χ4v) is 5.15. The van der Waals surface area contributed by atoms with Gasteiger partial charge in [0.2, 0.25) is 0 Å². The Balaban J connectivity index is 2.03. The van der Waals surface area contributed by atoms with Gasteiger partial charge in [-0.25, -0.2) is 14.4 Å². The minimum atomic E-state index is -1.22. The molecule has 2 aliphatic carbocycles. The van der Waals surface area contributed by atoms with Crippen molar-refractivity contribution < 1.29 is 38.8 Å². The van der Waals surface area contributed by atoms with E-state index in [2.05, 4.69) is 6.58 Å². The van der Waals surface area contributed by atoms with E-state index in [1.54, 1.807) is 46.8 Å². The molecule has 0 spiro atoms. The Bertz CT molecular complexity index is 886. The third-order valence-electron chi connectivity index (χ3n) is 7.52. The Hall–Kier alpha value is -2.45. The zero-order valence-electron chi connectivity index (χ0n) is 19.2. The summed E-state index contributed by atoms with van der Waals surface area (Å²) >= 11 is 0. The summed E-state index contributed by atoms with van der Waals surface area (Å²) in [4.78, 5) is 37.2. The molecular formula is C24H32O8. The maximum Gasteiger partial charge on any atom is 0.334 e. The van der Waals surface area contributed by atoms with Crippen LogP contribution in [-0.4, -0.2) is 58.6 Å². The van der Waals surface area contributed by atoms with Gasteiger partial charge in [0.1, 0.15) is 18.3 Å². The molecule has 0 amide bonds. The summed E-state index contributed by atoms with van der Waals surface area (Å²) in [5.74, 6) is -3.12. The molecule has 1 heterocycles. The van der Waals surface area contributed by atoms with Crippen molar-refractivity contribution in [3.8, 4) is 0 Å². The van der Waals surface area contributed by atoms with Gasteiger partial charge in [0.15, 0.2) is 0 Å². The highest BCUT2D eigenvalue weighted by molar-refractivity contribution is 5.91. The molecule has 3 fully saturated rings. The van der Waals surface area contributed by atoms with Crippen molar-refractivity contribution >= 4 is 17.9 Å². The van der Waals surface area contributed by atoms with E-state index in [1.807, 2.05) is 0 Å². The minimum Gasteiger partial charge on any atom is -0.459 e. The van der Waals surface area contributed by atoms with Gasteiger partial charge >= 0.3 is 17.9 Å². The van der Waals surface area contributed by atoms with Gasteiger partial charge in [0.25, 0.3) is 0 Å². The third-order valence-corrected chi connectivity index (χ3v) is 7.52. The van der Waals surface area contributed by atoms with Crippen LogP contribution in [0.15, 0.2) is 35.5 Å². The summed E-state index contributed by atoms with van der Waals surface area (Å²) in [7, 11) is 0. The molecule has 8 nitrogen and oxygen atoms in total. The van der Waals surface area contributed by atoms with Crippen LogP contribution in [0.25, 0.3) is 0 Å². The van der Waals surface area contributed by atoms with Crippen LogP contribution < -0.4 is 0 Å². The SMILES string of the molecule is C=C1C(=O)O[C@@H]2[C@@H]1[C@@H](O)[C@@]1(C)[C@H](C[C@H]2O)[C@@H](OC(=O)/C(C)=C\C)C[C@H]1OC(=O)/C(C)=C\C. The summed E-state index contributed by atoms with van der Waals surface area (Å²) < 4.78 is 16.9. The first-order chi connectivity index (χ1) is 15.0. The molecule has 2 saturated carbocycles. The number of carbonyl (C=O) groups excluding carboxylic acids is 3. The lowest BCUT2D eigenvalue weighted by Gasteiger charge is -2.41. The summed E-state index contributed by atoms with van der Waals surface area (Å²) in [6, 6.07) is 0. The lowest BCUT2D eigenvalue weighted by atomic mass is 9.69. The Kier molecular flexibility index (Phi) is 6.67. The third kappa shape index (κ3) is 3.79. The van der Waals surface area contributed by atoms with Crippen LogP contribution in [0.4, 0.5) is 0 Å². The number of ether oxygens (including phenoxy) is 3. The number of carbonyl (C=O) groups is 3. The van der Waals surface area contributed by atoms with Gasteiger partial charge in [-0.05, 0) is 34.1 Å². The average Bonchev–Trinajstić information content (AvgIpc) is 3.17. The van der Waals surface area contributed by atoms with E-state index in [9.17, 15) is 24.6 Å². The monoisotopic (exact) mass is 448 g/mol. The van der Waals surface area contributed by atoms with Crippen LogP contribution in [0.3, 0.4) is 0 Å². The first-order valence-electron chi connectivity index (χ1n) is 10.9. The highest BCUT2D eigenvalue weighted by atomic mass is 16.6. The standard InChI is InChI=1S/C24H32O8/c1-7-11(3)21(27)30-16-10-17(31-22(28)12(4)8-2)24(6)14(16)9-15(25)19-18(20(24)26)13(5)23(29)32-19/h7-8,14-20,25-26H,5,9-10H2,1-4,6H3/b11-7-,12-8-/t14-,15-,16+,17-,18-,19+,20-,24+/m1/s1. The number of hydrogen-bond donors (Lipinski definition) is 2. The first-order valence-corrected chi connectivity index (χ1v) is 10.9. The van der Waals surface area contributed by atoms with Crippen LogP contribution in [0.5, 0.6) is 0 Å². The van der Waals surface area contributed by atoms with E-state index in [1.165, 1.54) is 0 Å². The van der Waals surface area contributed by atoms with E-state index in [-0.39, 0.29) is 18.4 Å². The smallest absolute Gasteiger partial charge is 0.334 e. The molecule has 0 bridgehead atoms. The topological polar surface area (TPSA) is 119 Å². The number of rotatable bonds is 4. The van der Waals surface area contributed by atoms with Crippen molar-refractivity contribution in [1.29, 1.82) is 0 Å². The Morgan fingerprint density at radius 1 is 1.09 bits per heavy atom. The van der Waals surface area contributed by atoms with Crippen molar-refractivity contribution in [2.75, 3.05) is 0 Å². The van der Waals surface area contributed by atoms with Gasteiger partial charge in [0, 0.05) is 34.5 Å². The number of fused-ring (bicyclic) bond motifs is 2. The number of allylic oxidation sites excluding steroid dienone is 2. The number of aliphatic hydroxyl groups is 2. The highest BCUT2D eigenvalue weighted by Crippen LogP contribution is 2.57. The van der Waals surface area contributed by atoms with Crippen molar-refractivity contribution in [2.24, 2.45) is 17.3 Å². The minimum absolute atomic E-state index is 0.0725. The van der Waals surface area contributed by atoms with Crippen LogP contribution in [0.2, 0.25) is 0 Å². The van der Waals surface area contributed by atoms with Crippen LogP contribution >= 0.6 is 0 Å². The molecule has 0 aromatic carbocycles. The summed E-state index contributed by atoms with van der Waals surface area (Å²) in [5.41, 5.74) is -0.218. The molecule has 1 saturated heterocycles. The maximum atomic E-state index is 12.6. The number of aliphatic hydroxyl groups excluding tert-OH is 2. The van der Waals surface area contributed by atoms with Gasteiger partial charge in [-0.3, -0.25) is 0 Å². The van der Waals surface area contributed by atoms with Crippen LogP contribution in [0.1, 0.15) is 47.5 Å². The normalized spacial score (nSPS) is 39.7. The molecule has 8 heteroatoms. The van der Waals surface area contributed by atoms with Crippen LogP contribution in [0, 0.1) is 17.3 Å². The van der Waals surface area contributed by atoms with E-state index in [0.717, 1.165) is 0 Å². The molecule has 32 heavy (non-hydrogen) atoms. The van der Waals surface area contributed by atoms with Gasteiger partial charge < -0.3 is 24.4 Å². The lowest BCUT2D eigenvalue weighted by molar-refractivity contribution is -0.159. The molecule has 2 N–H and O–H groups in total. The Morgan fingerprint density at radius 2 is 1.66 bits per heavy atom. The second kappa shape index (κ2) is 8.83. The molecular weight excluding hydrogens is 416 g/mol. The highest BCUT2D eigenvalue weighted by Gasteiger charge is 2.66. The van der Waals surface area contributed by atoms with Gasteiger partial charge in [0.05, 0.1) is 18.1 Å². The van der Waals surface area contributed by atoms with Crippen molar-refractivity contribution in [1.82, 2.24) is 0 Å². The average molecular weight is 449 g/mol. The fourth-order valence-electron chi connectivity index (χ4n) is 5.15. The molecule has 176 valence electrons. The Morgan fingerprint density at radius 3 is 2.22 bits per heavy atom. The summed E-state index contributed by atoms with van der Waals surface area (Å²) in [5, 5.41) is 22.4. The molecule has 0 aromatic heterocycles. The molecule has 0 aromatic rings. The zero-order valence-corrected chi connectivity index (χ0v) is 19.2. The zero-order chi connectivity index (χ0) is 24.0. The molecule has 3 rings (SSSR count). The predicted molar refractivity (Wildman–Crippen MR) is 114 cm³/mol. The predicted octanol–water partition coefficient (Wildman–Crippen LogP) is 1.99. The fraction of sp³-hybridized carbons (Fsp3) is 0.625. The number of hydrogen-bond acceptors (Lipinski definition) is 8. The molecule has 1 aliphatic heterocycles. The lowest BCUT2D eigenvalue weighted by Crippen LogP contribution is -2.49. The number of esters is 3. The Labute approximate surface area is 187 Å². The molecule has 3 aliphatic rings. The van der Waals surface area contributed by atoms with Crippen molar-refractivity contribution in [3.05, 3.63) is 35.5 Å². The van der Waals surface area contributed by atoms with Crippen LogP contribution in [-0.2, 0) is 28.6 Å². The van der Waals surface area contributed by atoms with Gasteiger partial charge in [-0.2, -0.15) is 0 Å². The summed E-state index contributed by atoms with van der Waals surface area (Å²) in [6.07, 6.45) is -1.29. The van der Waals surface area contributed by atoms with Gasteiger partial charge in [-0.15, -0.1) is 0 Å². The first kappa shape index (κ1) is 24.2. The van der Waals surface area contributed by atoms with Gasteiger partial charge in [-0.1, -0.05) is 25.7 Å². The quantitative estimate of drug-likeness (QED) is 0.381. The van der Waals surface area contributed by atoms with Crippen molar-refractivity contribution in [3.63, 3.8) is 0 Å². The second-order valence-corrected chi connectivity index (χ2v) is 9.16.